The summed E-state index contributed by atoms with van der Waals surface area (Å²) in [5.41, 5.74) is 8.19. The van der Waals surface area contributed by atoms with Gasteiger partial charge in [0.05, 0.1) is 17.3 Å². The van der Waals surface area contributed by atoms with Crippen molar-refractivity contribution < 1.29 is 17.9 Å². The maximum absolute atomic E-state index is 13.0. The lowest BCUT2D eigenvalue weighted by Gasteiger charge is -2.35. The van der Waals surface area contributed by atoms with Gasteiger partial charge in [-0.1, -0.05) is 30.3 Å². The van der Waals surface area contributed by atoms with Crippen molar-refractivity contribution in [3.05, 3.63) is 54.1 Å². The van der Waals surface area contributed by atoms with Crippen LogP contribution < -0.4 is 15.4 Å². The lowest BCUT2D eigenvalue weighted by atomic mass is 9.97. The lowest BCUT2D eigenvalue weighted by molar-refractivity contribution is -0.175. The molecule has 1 heterocycles. The highest BCUT2D eigenvalue weighted by atomic mass is 19.4. The molecule has 0 saturated carbocycles. The Labute approximate surface area is 145 Å². The van der Waals surface area contributed by atoms with Gasteiger partial charge in [-0.3, -0.25) is 0 Å². The van der Waals surface area contributed by atoms with Crippen LogP contribution in [0.1, 0.15) is 18.4 Å². The molecule has 1 unspecified atom stereocenters. The summed E-state index contributed by atoms with van der Waals surface area (Å²) in [4.78, 5) is 1.72. The zero-order valence-corrected chi connectivity index (χ0v) is 13.8. The van der Waals surface area contributed by atoms with Gasteiger partial charge in [0.1, 0.15) is 12.4 Å². The first-order chi connectivity index (χ1) is 11.9. The van der Waals surface area contributed by atoms with Crippen LogP contribution >= 0.6 is 0 Å². The number of piperidine rings is 1. The number of nitrogen functional groups attached to an aromatic ring is 1. The van der Waals surface area contributed by atoms with E-state index in [-0.39, 0.29) is 13.0 Å². The number of nitrogens with two attached hydrogens (primary N) is 1. The number of benzene rings is 2. The van der Waals surface area contributed by atoms with E-state index in [2.05, 4.69) is 0 Å². The van der Waals surface area contributed by atoms with Crippen LogP contribution in [0.5, 0.6) is 5.75 Å². The Kier molecular flexibility index (Phi) is 5.06. The topological polar surface area (TPSA) is 38.5 Å². The zero-order valence-electron chi connectivity index (χ0n) is 13.8. The summed E-state index contributed by atoms with van der Waals surface area (Å²) in [6, 6.07) is 14.9. The van der Waals surface area contributed by atoms with Crippen molar-refractivity contribution in [1.29, 1.82) is 0 Å². The van der Waals surface area contributed by atoms with Gasteiger partial charge in [-0.25, -0.2) is 0 Å². The normalized spacial score (nSPS) is 18.2. The van der Waals surface area contributed by atoms with Gasteiger partial charge in [0.25, 0.3) is 0 Å². The smallest absolute Gasteiger partial charge is 0.393 e. The molecule has 1 fully saturated rings. The third-order valence-electron chi connectivity index (χ3n) is 4.47. The van der Waals surface area contributed by atoms with Crippen LogP contribution in [0.2, 0.25) is 0 Å². The van der Waals surface area contributed by atoms with Gasteiger partial charge in [0.15, 0.2) is 0 Å². The van der Waals surface area contributed by atoms with Crippen molar-refractivity contribution in [3.8, 4) is 5.75 Å². The number of alkyl halides is 3. The van der Waals surface area contributed by atoms with E-state index in [1.54, 1.807) is 23.1 Å². The second-order valence-corrected chi connectivity index (χ2v) is 6.32. The molecule has 6 heteroatoms. The first-order valence-corrected chi connectivity index (χ1v) is 8.31. The molecule has 0 bridgehead atoms. The number of ether oxygens (including phenoxy) is 1. The van der Waals surface area contributed by atoms with Gasteiger partial charge in [-0.2, -0.15) is 13.2 Å². The molecule has 2 aromatic carbocycles. The maximum Gasteiger partial charge on any atom is 0.393 e. The largest absolute Gasteiger partial charge is 0.489 e. The molecule has 25 heavy (non-hydrogen) atoms. The molecule has 1 atom stereocenters. The van der Waals surface area contributed by atoms with E-state index >= 15 is 0 Å². The van der Waals surface area contributed by atoms with E-state index in [0.29, 0.717) is 36.7 Å². The Balaban J connectivity index is 1.67. The third kappa shape index (κ3) is 4.38. The van der Waals surface area contributed by atoms with E-state index in [0.717, 1.165) is 5.56 Å². The lowest BCUT2D eigenvalue weighted by Crippen LogP contribution is -2.42. The number of nitrogens with zero attached hydrogens (tertiary/aromatic N) is 1. The van der Waals surface area contributed by atoms with E-state index in [1.165, 1.54) is 0 Å². The van der Waals surface area contributed by atoms with Crippen molar-refractivity contribution in [2.75, 3.05) is 23.7 Å². The Morgan fingerprint density at radius 2 is 1.88 bits per heavy atom. The molecule has 0 amide bonds. The molecule has 0 aromatic heterocycles. The Bertz CT molecular complexity index is 704. The average Bonchev–Trinajstić information content (AvgIpc) is 2.60. The van der Waals surface area contributed by atoms with Crippen molar-refractivity contribution in [1.82, 2.24) is 0 Å². The maximum atomic E-state index is 13.0. The molecule has 2 N–H and O–H groups in total. The van der Waals surface area contributed by atoms with Gasteiger partial charge in [-0.05, 0) is 30.5 Å². The molecule has 0 aliphatic carbocycles. The number of halogens is 3. The zero-order chi connectivity index (χ0) is 17.9. The standard InChI is InChI=1S/C19H21F3N2O/c20-19(21,22)15-7-4-10-24(12-15)18-9-8-16(11-17(18)23)25-13-14-5-2-1-3-6-14/h1-3,5-6,8-9,11,15H,4,7,10,12-13,23H2. The Morgan fingerprint density at radius 1 is 1.12 bits per heavy atom. The van der Waals surface area contributed by atoms with Gasteiger partial charge in [0.2, 0.25) is 0 Å². The molecule has 134 valence electrons. The SMILES string of the molecule is Nc1cc(OCc2ccccc2)ccc1N1CCCC(C(F)(F)F)C1. The van der Waals surface area contributed by atoms with Crippen molar-refractivity contribution in [2.24, 2.45) is 5.92 Å². The van der Waals surface area contributed by atoms with Crippen LogP contribution in [0.25, 0.3) is 0 Å². The monoisotopic (exact) mass is 350 g/mol. The minimum Gasteiger partial charge on any atom is -0.489 e. The van der Waals surface area contributed by atoms with E-state index in [4.69, 9.17) is 10.5 Å². The second-order valence-electron chi connectivity index (χ2n) is 6.32. The summed E-state index contributed by atoms with van der Waals surface area (Å²) in [7, 11) is 0. The number of rotatable bonds is 4. The van der Waals surface area contributed by atoms with Crippen LogP contribution in [-0.4, -0.2) is 19.3 Å². The van der Waals surface area contributed by atoms with E-state index in [1.807, 2.05) is 30.3 Å². The molecule has 3 rings (SSSR count). The fraction of sp³-hybridized carbons (Fsp3) is 0.368. The van der Waals surface area contributed by atoms with Crippen LogP contribution in [0, 0.1) is 5.92 Å². The van der Waals surface area contributed by atoms with Gasteiger partial charge in [0, 0.05) is 19.2 Å². The highest BCUT2D eigenvalue weighted by molar-refractivity contribution is 5.69. The molecular formula is C19H21F3N2O. The molecule has 1 aliphatic heterocycles. The van der Waals surface area contributed by atoms with E-state index in [9.17, 15) is 13.2 Å². The molecule has 1 saturated heterocycles. The highest BCUT2D eigenvalue weighted by Crippen LogP contribution is 2.37. The van der Waals surface area contributed by atoms with Gasteiger partial charge < -0.3 is 15.4 Å². The van der Waals surface area contributed by atoms with Crippen LogP contribution in [-0.2, 0) is 6.61 Å². The average molecular weight is 350 g/mol. The molecule has 2 aromatic rings. The van der Waals surface area contributed by atoms with Crippen LogP contribution in [0.4, 0.5) is 24.5 Å². The summed E-state index contributed by atoms with van der Waals surface area (Å²) in [5.74, 6) is -0.691. The predicted molar refractivity (Wildman–Crippen MR) is 92.6 cm³/mol. The number of anilines is 2. The summed E-state index contributed by atoms with van der Waals surface area (Å²) < 4.78 is 44.6. The second kappa shape index (κ2) is 7.25. The fourth-order valence-corrected chi connectivity index (χ4v) is 3.11. The molecule has 1 aliphatic rings. The minimum absolute atomic E-state index is 0.0437. The predicted octanol–water partition coefficient (Wildman–Crippen LogP) is 4.63. The Morgan fingerprint density at radius 3 is 2.56 bits per heavy atom. The first-order valence-electron chi connectivity index (χ1n) is 8.31. The van der Waals surface area contributed by atoms with Crippen molar-refractivity contribution in [3.63, 3.8) is 0 Å². The summed E-state index contributed by atoms with van der Waals surface area (Å²) >= 11 is 0. The van der Waals surface area contributed by atoms with Gasteiger partial charge >= 0.3 is 6.18 Å². The molecule has 3 nitrogen and oxygen atoms in total. The minimum atomic E-state index is -4.16. The summed E-state index contributed by atoms with van der Waals surface area (Å²) in [6.45, 7) is 0.957. The van der Waals surface area contributed by atoms with E-state index < -0.39 is 12.1 Å². The Hall–Kier alpha value is -2.37. The quantitative estimate of drug-likeness (QED) is 0.818. The van der Waals surface area contributed by atoms with Crippen molar-refractivity contribution in [2.45, 2.75) is 25.6 Å². The first kappa shape index (κ1) is 17.5. The molecular weight excluding hydrogens is 329 g/mol. The van der Waals surface area contributed by atoms with Crippen LogP contribution in [0.15, 0.2) is 48.5 Å². The highest BCUT2D eigenvalue weighted by Gasteiger charge is 2.42. The number of hydrogen-bond donors (Lipinski definition) is 1. The fourth-order valence-electron chi connectivity index (χ4n) is 3.11. The summed E-state index contributed by atoms with van der Waals surface area (Å²) in [5, 5.41) is 0. The molecule has 0 radical (unpaired) electrons. The van der Waals surface area contributed by atoms with Gasteiger partial charge in [-0.15, -0.1) is 0 Å². The van der Waals surface area contributed by atoms with Crippen LogP contribution in [0.3, 0.4) is 0 Å². The molecule has 0 spiro atoms. The summed E-state index contributed by atoms with van der Waals surface area (Å²) in [6.07, 6.45) is -3.47. The third-order valence-corrected chi connectivity index (χ3v) is 4.47. The number of hydrogen-bond acceptors (Lipinski definition) is 3. The van der Waals surface area contributed by atoms with Crippen molar-refractivity contribution >= 4 is 11.4 Å².